The van der Waals surface area contributed by atoms with Crippen LogP contribution in [0.2, 0.25) is 0 Å². The van der Waals surface area contributed by atoms with Crippen molar-refractivity contribution in [2.24, 2.45) is 0 Å². The lowest BCUT2D eigenvalue weighted by Crippen LogP contribution is -2.30. The summed E-state index contributed by atoms with van der Waals surface area (Å²) in [6.07, 6.45) is 3.47. The maximum absolute atomic E-state index is 12.6. The summed E-state index contributed by atoms with van der Waals surface area (Å²) in [5, 5.41) is 5.27. The minimum atomic E-state index is -0.226. The molecule has 1 aromatic heterocycles. The van der Waals surface area contributed by atoms with Gasteiger partial charge in [0, 0.05) is 12.4 Å². The van der Waals surface area contributed by atoms with Crippen LogP contribution in [-0.2, 0) is 4.79 Å². The van der Waals surface area contributed by atoms with Crippen molar-refractivity contribution in [2.75, 3.05) is 7.11 Å². The maximum atomic E-state index is 12.6. The standard InChI is InChI=1S/C21H22N2O2/c1-14(21(24)23-15(2)16-8-10-22-11-9-16)17-4-5-19-13-20(25-3)7-6-18(19)12-17/h4-15H,1-3H3,(H,23,24)/t14-,15-/m0/s1. The number of hydrogen-bond acceptors (Lipinski definition) is 3. The molecule has 2 aromatic carbocycles. The second-order valence-corrected chi connectivity index (χ2v) is 6.21. The van der Waals surface area contributed by atoms with Gasteiger partial charge in [-0.1, -0.05) is 24.3 Å². The summed E-state index contributed by atoms with van der Waals surface area (Å²) in [5.74, 6) is 0.616. The Morgan fingerprint density at radius 3 is 2.36 bits per heavy atom. The predicted octanol–water partition coefficient (Wildman–Crippen LogP) is 4.22. The second-order valence-electron chi connectivity index (χ2n) is 6.21. The average Bonchev–Trinajstić information content (AvgIpc) is 2.67. The molecular formula is C21H22N2O2. The Balaban J connectivity index is 1.76. The molecule has 1 N–H and O–H groups in total. The molecule has 0 aliphatic rings. The van der Waals surface area contributed by atoms with Gasteiger partial charge in [-0.25, -0.2) is 0 Å². The van der Waals surface area contributed by atoms with Crippen molar-refractivity contribution in [3.8, 4) is 5.75 Å². The van der Waals surface area contributed by atoms with Crippen LogP contribution in [-0.4, -0.2) is 18.0 Å². The summed E-state index contributed by atoms with van der Waals surface area (Å²) in [7, 11) is 1.66. The molecule has 0 spiro atoms. The SMILES string of the molecule is COc1ccc2cc([C@H](C)C(=O)N[C@@H](C)c3ccncc3)ccc2c1. The number of methoxy groups -OCH3 is 1. The van der Waals surface area contributed by atoms with E-state index in [9.17, 15) is 4.79 Å². The fourth-order valence-electron chi connectivity index (χ4n) is 2.86. The van der Waals surface area contributed by atoms with E-state index in [1.165, 1.54) is 0 Å². The molecular weight excluding hydrogens is 312 g/mol. The molecule has 3 aromatic rings. The molecule has 0 aliphatic carbocycles. The first kappa shape index (κ1) is 17.0. The molecule has 1 heterocycles. The Labute approximate surface area is 147 Å². The van der Waals surface area contributed by atoms with Crippen LogP contribution in [0.1, 0.15) is 36.9 Å². The summed E-state index contributed by atoms with van der Waals surface area (Å²) >= 11 is 0. The number of carbonyl (C=O) groups excluding carboxylic acids is 1. The highest BCUT2D eigenvalue weighted by molar-refractivity contribution is 5.88. The van der Waals surface area contributed by atoms with Gasteiger partial charge in [0.1, 0.15) is 5.75 Å². The summed E-state index contributed by atoms with van der Waals surface area (Å²) in [6, 6.07) is 15.8. The second kappa shape index (κ2) is 7.34. The van der Waals surface area contributed by atoms with Crippen LogP contribution in [0.25, 0.3) is 10.8 Å². The van der Waals surface area contributed by atoms with E-state index in [4.69, 9.17) is 4.74 Å². The average molecular weight is 334 g/mol. The molecule has 0 saturated carbocycles. The van der Waals surface area contributed by atoms with Crippen LogP contribution in [0.3, 0.4) is 0 Å². The van der Waals surface area contributed by atoms with Gasteiger partial charge in [0.15, 0.2) is 0 Å². The third-order valence-corrected chi connectivity index (χ3v) is 4.53. The smallest absolute Gasteiger partial charge is 0.227 e. The summed E-state index contributed by atoms with van der Waals surface area (Å²) in [4.78, 5) is 16.6. The molecule has 4 nitrogen and oxygen atoms in total. The molecule has 3 rings (SSSR count). The number of hydrogen-bond donors (Lipinski definition) is 1. The minimum absolute atomic E-state index is 0.0113. The highest BCUT2D eigenvalue weighted by Gasteiger charge is 2.18. The Morgan fingerprint density at radius 1 is 0.960 bits per heavy atom. The van der Waals surface area contributed by atoms with Crippen molar-refractivity contribution in [2.45, 2.75) is 25.8 Å². The first-order valence-corrected chi connectivity index (χ1v) is 8.36. The highest BCUT2D eigenvalue weighted by Crippen LogP contribution is 2.25. The fraction of sp³-hybridized carbons (Fsp3) is 0.238. The molecule has 4 heteroatoms. The number of benzene rings is 2. The Kier molecular flexibility index (Phi) is 4.98. The topological polar surface area (TPSA) is 51.2 Å². The van der Waals surface area contributed by atoms with Crippen molar-refractivity contribution in [3.63, 3.8) is 0 Å². The quantitative estimate of drug-likeness (QED) is 0.760. The molecule has 0 aliphatic heterocycles. The number of amides is 1. The Bertz CT molecular complexity index is 877. The van der Waals surface area contributed by atoms with Crippen molar-refractivity contribution in [1.82, 2.24) is 10.3 Å². The summed E-state index contributed by atoms with van der Waals surface area (Å²) < 4.78 is 5.26. The van der Waals surface area contributed by atoms with Gasteiger partial charge >= 0.3 is 0 Å². The fourth-order valence-corrected chi connectivity index (χ4v) is 2.86. The number of nitrogens with one attached hydrogen (secondary N) is 1. The van der Waals surface area contributed by atoms with E-state index in [0.717, 1.165) is 27.6 Å². The zero-order chi connectivity index (χ0) is 17.8. The minimum Gasteiger partial charge on any atom is -0.497 e. The Morgan fingerprint density at radius 2 is 1.64 bits per heavy atom. The van der Waals surface area contributed by atoms with E-state index < -0.39 is 0 Å². The summed E-state index contributed by atoms with van der Waals surface area (Å²) in [6.45, 7) is 3.91. The van der Waals surface area contributed by atoms with Crippen molar-refractivity contribution in [3.05, 3.63) is 72.1 Å². The molecule has 0 bridgehead atoms. The lowest BCUT2D eigenvalue weighted by Gasteiger charge is -2.18. The third-order valence-electron chi connectivity index (χ3n) is 4.53. The van der Waals surface area contributed by atoms with Crippen LogP contribution >= 0.6 is 0 Å². The molecule has 2 atom stereocenters. The highest BCUT2D eigenvalue weighted by atomic mass is 16.5. The van der Waals surface area contributed by atoms with Crippen molar-refractivity contribution in [1.29, 1.82) is 0 Å². The zero-order valence-electron chi connectivity index (χ0n) is 14.7. The van der Waals surface area contributed by atoms with Crippen LogP contribution in [0.5, 0.6) is 5.75 Å². The van der Waals surface area contributed by atoms with Gasteiger partial charge in [0.25, 0.3) is 0 Å². The van der Waals surface area contributed by atoms with Gasteiger partial charge in [0.2, 0.25) is 5.91 Å². The van der Waals surface area contributed by atoms with Crippen LogP contribution in [0.15, 0.2) is 60.9 Å². The van der Waals surface area contributed by atoms with Gasteiger partial charge in [-0.15, -0.1) is 0 Å². The van der Waals surface area contributed by atoms with E-state index in [2.05, 4.69) is 16.4 Å². The van der Waals surface area contributed by atoms with Crippen molar-refractivity contribution < 1.29 is 9.53 Å². The van der Waals surface area contributed by atoms with E-state index in [1.807, 2.05) is 56.3 Å². The number of carbonyl (C=O) groups is 1. The van der Waals surface area contributed by atoms with E-state index in [1.54, 1.807) is 19.5 Å². The van der Waals surface area contributed by atoms with Gasteiger partial charge in [-0.2, -0.15) is 0 Å². The molecule has 0 fully saturated rings. The van der Waals surface area contributed by atoms with E-state index in [-0.39, 0.29) is 17.9 Å². The molecule has 0 saturated heterocycles. The van der Waals surface area contributed by atoms with Crippen LogP contribution < -0.4 is 10.1 Å². The molecule has 1 amide bonds. The lowest BCUT2D eigenvalue weighted by molar-refractivity contribution is -0.122. The first-order chi connectivity index (χ1) is 12.1. The van der Waals surface area contributed by atoms with Crippen LogP contribution in [0, 0.1) is 0 Å². The van der Waals surface area contributed by atoms with Gasteiger partial charge in [-0.05, 0) is 60.0 Å². The number of ether oxygens (including phenoxy) is 1. The van der Waals surface area contributed by atoms with Gasteiger partial charge in [0.05, 0.1) is 19.1 Å². The maximum Gasteiger partial charge on any atom is 0.227 e. The van der Waals surface area contributed by atoms with E-state index >= 15 is 0 Å². The van der Waals surface area contributed by atoms with Crippen molar-refractivity contribution >= 4 is 16.7 Å². The van der Waals surface area contributed by atoms with Gasteiger partial charge in [-0.3, -0.25) is 9.78 Å². The number of fused-ring (bicyclic) bond motifs is 1. The third kappa shape index (κ3) is 3.79. The van der Waals surface area contributed by atoms with E-state index in [0.29, 0.717) is 0 Å². The molecule has 0 unspecified atom stereocenters. The Hall–Kier alpha value is -2.88. The number of rotatable bonds is 5. The molecule has 128 valence electrons. The largest absolute Gasteiger partial charge is 0.497 e. The first-order valence-electron chi connectivity index (χ1n) is 8.36. The zero-order valence-corrected chi connectivity index (χ0v) is 14.7. The lowest BCUT2D eigenvalue weighted by atomic mass is 9.96. The number of aromatic nitrogens is 1. The normalized spacial score (nSPS) is 13.2. The summed E-state index contributed by atoms with van der Waals surface area (Å²) in [5.41, 5.74) is 2.04. The number of pyridine rings is 1. The van der Waals surface area contributed by atoms with Gasteiger partial charge < -0.3 is 10.1 Å². The predicted molar refractivity (Wildman–Crippen MR) is 99.7 cm³/mol. The monoisotopic (exact) mass is 334 g/mol. The molecule has 25 heavy (non-hydrogen) atoms. The van der Waals surface area contributed by atoms with Crippen LogP contribution in [0.4, 0.5) is 0 Å². The molecule has 0 radical (unpaired) electrons. The number of nitrogens with zero attached hydrogens (tertiary/aromatic N) is 1.